The van der Waals surface area contributed by atoms with E-state index in [0.29, 0.717) is 29.2 Å². The summed E-state index contributed by atoms with van der Waals surface area (Å²) in [5.41, 5.74) is 1.72. The van der Waals surface area contributed by atoms with Gasteiger partial charge in [-0.05, 0) is 48.4 Å². The predicted octanol–water partition coefficient (Wildman–Crippen LogP) is 2.88. The van der Waals surface area contributed by atoms with Gasteiger partial charge in [0.2, 0.25) is 0 Å². The zero-order valence-electron chi connectivity index (χ0n) is 12.3. The summed E-state index contributed by atoms with van der Waals surface area (Å²) in [5.74, 6) is -0.497. The second-order valence-electron chi connectivity index (χ2n) is 5.12. The molecule has 0 N–H and O–H groups in total. The van der Waals surface area contributed by atoms with E-state index in [1.54, 1.807) is 18.2 Å². The van der Waals surface area contributed by atoms with Crippen LogP contribution in [0.4, 0.5) is 5.69 Å². The summed E-state index contributed by atoms with van der Waals surface area (Å²) in [5, 5.41) is 0.471. The van der Waals surface area contributed by atoms with Crippen LogP contribution in [-0.2, 0) is 21.2 Å². The lowest BCUT2D eigenvalue weighted by molar-refractivity contribution is 0.0601. The van der Waals surface area contributed by atoms with Crippen LogP contribution in [0, 0.1) is 0 Å². The highest BCUT2D eigenvalue weighted by molar-refractivity contribution is 7.92. The summed E-state index contributed by atoms with van der Waals surface area (Å²) >= 11 is 5.81. The summed E-state index contributed by atoms with van der Waals surface area (Å²) in [7, 11) is -2.41. The Hall–Kier alpha value is -2.05. The Bertz CT molecular complexity index is 862. The van der Waals surface area contributed by atoms with Gasteiger partial charge in [0.15, 0.2) is 0 Å². The molecule has 0 atom stereocenters. The standard InChI is InChI=1S/C16H14ClNO4S/c1-22-16(19)12-3-2-11-8-9-18(15(11)10-12)23(20,21)14-6-4-13(17)5-7-14/h2-7,10H,8-9H2,1H3. The van der Waals surface area contributed by atoms with Gasteiger partial charge in [-0.15, -0.1) is 0 Å². The number of benzene rings is 2. The molecule has 23 heavy (non-hydrogen) atoms. The number of nitrogens with zero attached hydrogens (tertiary/aromatic N) is 1. The number of anilines is 1. The Balaban J connectivity index is 2.04. The Morgan fingerprint density at radius 3 is 2.52 bits per heavy atom. The van der Waals surface area contributed by atoms with E-state index < -0.39 is 16.0 Å². The third-order valence-corrected chi connectivity index (χ3v) is 5.84. The molecule has 0 spiro atoms. The van der Waals surface area contributed by atoms with Crippen LogP contribution in [0.5, 0.6) is 0 Å². The maximum absolute atomic E-state index is 12.8. The van der Waals surface area contributed by atoms with Crippen molar-refractivity contribution in [1.29, 1.82) is 0 Å². The molecule has 0 unspecified atom stereocenters. The first-order valence-electron chi connectivity index (χ1n) is 6.93. The normalized spacial score (nSPS) is 13.7. The Morgan fingerprint density at radius 2 is 1.87 bits per heavy atom. The van der Waals surface area contributed by atoms with Crippen LogP contribution in [0.25, 0.3) is 0 Å². The lowest BCUT2D eigenvalue weighted by Gasteiger charge is -2.20. The highest BCUT2D eigenvalue weighted by Crippen LogP contribution is 2.34. The van der Waals surface area contributed by atoms with Gasteiger partial charge in [0.25, 0.3) is 10.0 Å². The van der Waals surface area contributed by atoms with Gasteiger partial charge < -0.3 is 4.74 Å². The monoisotopic (exact) mass is 351 g/mol. The number of rotatable bonds is 3. The van der Waals surface area contributed by atoms with Crippen molar-refractivity contribution >= 4 is 33.3 Å². The van der Waals surface area contributed by atoms with Crippen LogP contribution in [-0.4, -0.2) is 28.0 Å². The van der Waals surface area contributed by atoms with Crippen molar-refractivity contribution in [3.05, 3.63) is 58.6 Å². The molecule has 0 saturated heterocycles. The van der Waals surface area contributed by atoms with Crippen LogP contribution in [0.3, 0.4) is 0 Å². The molecule has 1 aliphatic rings. The zero-order chi connectivity index (χ0) is 16.6. The molecule has 0 saturated carbocycles. The van der Waals surface area contributed by atoms with E-state index in [4.69, 9.17) is 16.3 Å². The molecule has 2 aromatic carbocycles. The summed E-state index contributed by atoms with van der Waals surface area (Å²) in [6.45, 7) is 0.338. The molecule has 0 fully saturated rings. The van der Waals surface area contributed by atoms with Crippen molar-refractivity contribution in [2.45, 2.75) is 11.3 Å². The molecule has 5 nitrogen and oxygen atoms in total. The van der Waals surface area contributed by atoms with Crippen LogP contribution in [0.2, 0.25) is 5.02 Å². The molecule has 7 heteroatoms. The molecular weight excluding hydrogens is 338 g/mol. The lowest BCUT2D eigenvalue weighted by atomic mass is 10.1. The van der Waals surface area contributed by atoms with E-state index in [9.17, 15) is 13.2 Å². The molecular formula is C16H14ClNO4S. The van der Waals surface area contributed by atoms with Crippen LogP contribution < -0.4 is 4.31 Å². The summed E-state index contributed by atoms with van der Waals surface area (Å²) in [6, 6.07) is 11.0. The van der Waals surface area contributed by atoms with Gasteiger partial charge in [-0.25, -0.2) is 13.2 Å². The van der Waals surface area contributed by atoms with Gasteiger partial charge in [-0.3, -0.25) is 4.31 Å². The fraction of sp³-hybridized carbons (Fsp3) is 0.188. The van der Waals surface area contributed by atoms with Crippen molar-refractivity contribution in [3.63, 3.8) is 0 Å². The van der Waals surface area contributed by atoms with E-state index in [1.807, 2.05) is 0 Å². The number of halogens is 1. The molecule has 0 amide bonds. The largest absolute Gasteiger partial charge is 0.465 e. The number of esters is 1. The molecule has 0 bridgehead atoms. The van der Waals surface area contributed by atoms with Gasteiger partial charge in [0.1, 0.15) is 0 Å². The third kappa shape index (κ3) is 2.80. The SMILES string of the molecule is COC(=O)c1ccc2c(c1)N(S(=O)(=O)c1ccc(Cl)cc1)CC2. The minimum Gasteiger partial charge on any atom is -0.465 e. The molecule has 1 heterocycles. The van der Waals surface area contributed by atoms with Crippen molar-refractivity contribution in [2.24, 2.45) is 0 Å². The zero-order valence-corrected chi connectivity index (χ0v) is 13.9. The lowest BCUT2D eigenvalue weighted by Crippen LogP contribution is -2.29. The van der Waals surface area contributed by atoms with E-state index in [2.05, 4.69) is 0 Å². The maximum atomic E-state index is 12.8. The fourth-order valence-corrected chi connectivity index (χ4v) is 4.20. The second-order valence-corrected chi connectivity index (χ2v) is 7.41. The number of methoxy groups -OCH3 is 1. The number of carbonyl (C=O) groups is 1. The smallest absolute Gasteiger partial charge is 0.337 e. The number of ether oxygens (including phenoxy) is 1. The van der Waals surface area contributed by atoms with Crippen LogP contribution in [0.1, 0.15) is 15.9 Å². The first kappa shape index (κ1) is 15.8. The summed E-state index contributed by atoms with van der Waals surface area (Å²) < 4.78 is 31.7. The van der Waals surface area contributed by atoms with Gasteiger partial charge >= 0.3 is 5.97 Å². The van der Waals surface area contributed by atoms with Crippen molar-refractivity contribution < 1.29 is 17.9 Å². The first-order chi connectivity index (χ1) is 10.9. The first-order valence-corrected chi connectivity index (χ1v) is 8.75. The molecule has 0 aromatic heterocycles. The third-order valence-electron chi connectivity index (χ3n) is 3.76. The number of carbonyl (C=O) groups excluding carboxylic acids is 1. The topological polar surface area (TPSA) is 63.7 Å². The van der Waals surface area contributed by atoms with Crippen molar-refractivity contribution in [3.8, 4) is 0 Å². The average Bonchev–Trinajstić information content (AvgIpc) is 2.98. The highest BCUT2D eigenvalue weighted by atomic mass is 35.5. The van der Waals surface area contributed by atoms with Gasteiger partial charge in [0, 0.05) is 11.6 Å². The summed E-state index contributed by atoms with van der Waals surface area (Å²) in [6.07, 6.45) is 0.601. The summed E-state index contributed by atoms with van der Waals surface area (Å²) in [4.78, 5) is 11.8. The number of hydrogen-bond donors (Lipinski definition) is 0. The molecule has 0 radical (unpaired) electrons. The van der Waals surface area contributed by atoms with E-state index >= 15 is 0 Å². The fourth-order valence-electron chi connectivity index (χ4n) is 2.58. The average molecular weight is 352 g/mol. The number of fused-ring (bicyclic) bond motifs is 1. The van der Waals surface area contributed by atoms with Crippen LogP contribution >= 0.6 is 11.6 Å². The van der Waals surface area contributed by atoms with Crippen molar-refractivity contribution in [2.75, 3.05) is 18.0 Å². The van der Waals surface area contributed by atoms with E-state index in [-0.39, 0.29) is 4.90 Å². The molecule has 120 valence electrons. The second kappa shape index (κ2) is 5.86. The van der Waals surface area contributed by atoms with Gasteiger partial charge in [0.05, 0.1) is 23.3 Å². The van der Waals surface area contributed by atoms with Crippen molar-refractivity contribution in [1.82, 2.24) is 0 Å². The predicted molar refractivity (Wildman–Crippen MR) is 87.5 cm³/mol. The minimum atomic E-state index is -3.70. The van der Waals surface area contributed by atoms with E-state index in [1.165, 1.54) is 35.7 Å². The van der Waals surface area contributed by atoms with Crippen LogP contribution in [0.15, 0.2) is 47.4 Å². The number of hydrogen-bond acceptors (Lipinski definition) is 4. The quantitative estimate of drug-likeness (QED) is 0.798. The Morgan fingerprint density at radius 1 is 1.17 bits per heavy atom. The molecule has 1 aliphatic heterocycles. The minimum absolute atomic E-state index is 0.165. The van der Waals surface area contributed by atoms with Gasteiger partial charge in [-0.2, -0.15) is 0 Å². The number of sulfonamides is 1. The molecule has 0 aliphatic carbocycles. The Kier molecular flexibility index (Phi) is 4.04. The van der Waals surface area contributed by atoms with Gasteiger partial charge in [-0.1, -0.05) is 17.7 Å². The van der Waals surface area contributed by atoms with E-state index in [0.717, 1.165) is 5.56 Å². The highest BCUT2D eigenvalue weighted by Gasteiger charge is 2.31. The molecule has 2 aromatic rings. The molecule has 3 rings (SSSR count). The maximum Gasteiger partial charge on any atom is 0.337 e. The Labute approximate surface area is 139 Å².